The topological polar surface area (TPSA) is 84.9 Å². The Morgan fingerprint density at radius 2 is 1.83 bits per heavy atom. The van der Waals surface area contributed by atoms with Gasteiger partial charge in [0.25, 0.3) is 0 Å². The normalized spacial score (nSPS) is 19.1. The maximum absolute atomic E-state index is 13.0. The maximum Gasteiger partial charge on any atom is 0.243 e. The molecule has 2 aromatic rings. The summed E-state index contributed by atoms with van der Waals surface area (Å²) < 4.78 is 38.4. The van der Waals surface area contributed by atoms with Gasteiger partial charge in [-0.15, -0.1) is 0 Å². The molecule has 1 atom stereocenters. The van der Waals surface area contributed by atoms with Crippen molar-refractivity contribution in [3.63, 3.8) is 0 Å². The van der Waals surface area contributed by atoms with E-state index in [1.807, 2.05) is 30.3 Å². The van der Waals surface area contributed by atoms with Crippen LogP contribution < -0.4 is 14.8 Å². The molecule has 0 aliphatic carbocycles. The summed E-state index contributed by atoms with van der Waals surface area (Å²) in [6, 6.07) is 14.4. The van der Waals surface area contributed by atoms with Crippen LogP contribution in [0.15, 0.2) is 53.4 Å². The Bertz CT molecular complexity index is 978. The standard InChI is InChI=1S/C21H24N2O5S/c24-21(22-14-16-4-2-1-3-5-16)12-17-8-9-23(15-17)29(25,26)18-6-7-19-20(13-18)28-11-10-27-19/h1-7,13,17H,8-12,14-15H2,(H,22,24). The zero-order chi connectivity index (χ0) is 20.3. The van der Waals surface area contributed by atoms with Crippen molar-refractivity contribution in [1.29, 1.82) is 0 Å². The van der Waals surface area contributed by atoms with Gasteiger partial charge in [-0.2, -0.15) is 4.31 Å². The van der Waals surface area contributed by atoms with Crippen LogP contribution in [0.2, 0.25) is 0 Å². The van der Waals surface area contributed by atoms with E-state index in [1.54, 1.807) is 12.1 Å². The van der Waals surface area contributed by atoms with Crippen LogP contribution in [0.5, 0.6) is 11.5 Å². The number of ether oxygens (including phenoxy) is 2. The monoisotopic (exact) mass is 416 g/mol. The Kier molecular flexibility index (Phi) is 5.73. The molecule has 7 nitrogen and oxygen atoms in total. The highest BCUT2D eigenvalue weighted by molar-refractivity contribution is 7.89. The van der Waals surface area contributed by atoms with Crippen LogP contribution in [-0.4, -0.2) is 44.9 Å². The number of benzene rings is 2. The molecule has 1 unspecified atom stereocenters. The molecule has 2 aromatic carbocycles. The van der Waals surface area contributed by atoms with Crippen LogP contribution in [0.4, 0.5) is 0 Å². The third-order valence-corrected chi connectivity index (χ3v) is 7.07. The summed E-state index contributed by atoms with van der Waals surface area (Å²) in [5.74, 6) is 0.966. The first-order valence-electron chi connectivity index (χ1n) is 9.73. The zero-order valence-electron chi connectivity index (χ0n) is 16.0. The van der Waals surface area contributed by atoms with Crippen molar-refractivity contribution in [2.45, 2.75) is 24.3 Å². The summed E-state index contributed by atoms with van der Waals surface area (Å²) in [5, 5.41) is 2.91. The second-order valence-corrected chi connectivity index (χ2v) is 9.23. The molecule has 1 fully saturated rings. The highest BCUT2D eigenvalue weighted by atomic mass is 32.2. The Labute approximate surface area is 170 Å². The van der Waals surface area contributed by atoms with Crippen LogP contribution >= 0.6 is 0 Å². The Balaban J connectivity index is 1.34. The molecule has 2 aliphatic heterocycles. The molecule has 1 saturated heterocycles. The van der Waals surface area contributed by atoms with Gasteiger partial charge < -0.3 is 14.8 Å². The van der Waals surface area contributed by atoms with Crippen molar-refractivity contribution in [2.24, 2.45) is 5.92 Å². The summed E-state index contributed by atoms with van der Waals surface area (Å²) in [7, 11) is -3.63. The van der Waals surface area contributed by atoms with Crippen molar-refractivity contribution in [1.82, 2.24) is 9.62 Å². The van der Waals surface area contributed by atoms with E-state index in [9.17, 15) is 13.2 Å². The summed E-state index contributed by atoms with van der Waals surface area (Å²) in [6.45, 7) is 2.09. The first kappa shape index (κ1) is 19.7. The molecular weight excluding hydrogens is 392 g/mol. The number of amides is 1. The number of fused-ring (bicyclic) bond motifs is 1. The van der Waals surface area contributed by atoms with Gasteiger partial charge in [0, 0.05) is 32.1 Å². The summed E-state index contributed by atoms with van der Waals surface area (Å²) in [5.41, 5.74) is 1.04. The average Bonchev–Trinajstić information content (AvgIpc) is 3.22. The molecule has 0 radical (unpaired) electrons. The fourth-order valence-corrected chi connectivity index (χ4v) is 5.19. The lowest BCUT2D eigenvalue weighted by Gasteiger charge is -2.21. The van der Waals surface area contributed by atoms with E-state index in [0.717, 1.165) is 5.56 Å². The molecule has 2 heterocycles. The smallest absolute Gasteiger partial charge is 0.243 e. The van der Waals surface area contributed by atoms with Crippen LogP contribution in [-0.2, 0) is 21.4 Å². The number of carbonyl (C=O) groups excluding carboxylic acids is 1. The van der Waals surface area contributed by atoms with E-state index >= 15 is 0 Å². The Hall–Kier alpha value is -2.58. The third-order valence-electron chi connectivity index (χ3n) is 5.21. The lowest BCUT2D eigenvalue weighted by Crippen LogP contribution is -2.30. The van der Waals surface area contributed by atoms with Crippen molar-refractivity contribution in [2.75, 3.05) is 26.3 Å². The molecule has 4 rings (SSSR count). The lowest BCUT2D eigenvalue weighted by molar-refractivity contribution is -0.122. The van der Waals surface area contributed by atoms with Gasteiger partial charge in [0.2, 0.25) is 15.9 Å². The van der Waals surface area contributed by atoms with Crippen molar-refractivity contribution in [3.8, 4) is 11.5 Å². The van der Waals surface area contributed by atoms with E-state index in [4.69, 9.17) is 9.47 Å². The van der Waals surface area contributed by atoms with Crippen LogP contribution in [0.25, 0.3) is 0 Å². The Morgan fingerprint density at radius 3 is 2.62 bits per heavy atom. The number of nitrogens with one attached hydrogen (secondary N) is 1. The molecule has 8 heteroatoms. The van der Waals surface area contributed by atoms with Crippen molar-refractivity contribution < 1.29 is 22.7 Å². The SMILES string of the molecule is O=C(CC1CCN(S(=O)(=O)c2ccc3c(c2)OCCO3)C1)NCc1ccccc1. The highest BCUT2D eigenvalue weighted by Crippen LogP contribution is 2.34. The summed E-state index contributed by atoms with van der Waals surface area (Å²) in [6.07, 6.45) is 0.989. The lowest BCUT2D eigenvalue weighted by atomic mass is 10.0. The predicted octanol–water partition coefficient (Wildman–Crippen LogP) is 2.17. The number of rotatable bonds is 6. The second-order valence-electron chi connectivity index (χ2n) is 7.29. The van der Waals surface area contributed by atoms with Crippen molar-refractivity contribution >= 4 is 15.9 Å². The molecule has 0 spiro atoms. The number of sulfonamides is 1. The molecule has 0 bridgehead atoms. The van der Waals surface area contributed by atoms with Gasteiger partial charge in [-0.3, -0.25) is 4.79 Å². The number of carbonyl (C=O) groups is 1. The minimum absolute atomic E-state index is 0.0118. The molecule has 2 aliphatic rings. The van der Waals surface area contributed by atoms with Gasteiger partial charge in [-0.25, -0.2) is 8.42 Å². The zero-order valence-corrected chi connectivity index (χ0v) is 16.9. The van der Waals surface area contributed by atoms with Gasteiger partial charge in [0.15, 0.2) is 11.5 Å². The predicted molar refractivity (Wildman–Crippen MR) is 107 cm³/mol. The fraction of sp³-hybridized carbons (Fsp3) is 0.381. The number of hydrogen-bond donors (Lipinski definition) is 1. The molecule has 0 saturated carbocycles. The molecule has 1 amide bonds. The van der Waals surface area contributed by atoms with Gasteiger partial charge >= 0.3 is 0 Å². The largest absolute Gasteiger partial charge is 0.486 e. The minimum atomic E-state index is -3.63. The Morgan fingerprint density at radius 1 is 1.07 bits per heavy atom. The molecule has 1 N–H and O–H groups in total. The maximum atomic E-state index is 13.0. The quantitative estimate of drug-likeness (QED) is 0.780. The van der Waals surface area contributed by atoms with Crippen LogP contribution in [0.1, 0.15) is 18.4 Å². The van der Waals surface area contributed by atoms with Gasteiger partial charge in [-0.05, 0) is 30.0 Å². The van der Waals surface area contributed by atoms with E-state index in [-0.39, 0.29) is 16.7 Å². The van der Waals surface area contributed by atoms with E-state index in [0.29, 0.717) is 57.2 Å². The fourth-order valence-electron chi connectivity index (χ4n) is 3.65. The van der Waals surface area contributed by atoms with Crippen molar-refractivity contribution in [3.05, 3.63) is 54.1 Å². The average molecular weight is 416 g/mol. The summed E-state index contributed by atoms with van der Waals surface area (Å²) in [4.78, 5) is 12.4. The van der Waals surface area contributed by atoms with E-state index in [1.165, 1.54) is 10.4 Å². The van der Waals surface area contributed by atoms with Crippen LogP contribution in [0, 0.1) is 5.92 Å². The van der Waals surface area contributed by atoms with Gasteiger partial charge in [0.1, 0.15) is 13.2 Å². The molecular formula is C21H24N2O5S. The van der Waals surface area contributed by atoms with E-state index in [2.05, 4.69) is 5.32 Å². The third kappa shape index (κ3) is 4.54. The van der Waals surface area contributed by atoms with Crippen LogP contribution in [0.3, 0.4) is 0 Å². The van der Waals surface area contributed by atoms with Gasteiger partial charge in [0.05, 0.1) is 4.90 Å². The molecule has 29 heavy (non-hydrogen) atoms. The van der Waals surface area contributed by atoms with E-state index < -0.39 is 10.0 Å². The number of hydrogen-bond acceptors (Lipinski definition) is 5. The second kappa shape index (κ2) is 8.42. The first-order chi connectivity index (χ1) is 14.0. The van der Waals surface area contributed by atoms with Gasteiger partial charge in [-0.1, -0.05) is 30.3 Å². The highest BCUT2D eigenvalue weighted by Gasteiger charge is 2.34. The number of nitrogens with zero attached hydrogens (tertiary/aromatic N) is 1. The molecule has 0 aromatic heterocycles. The summed E-state index contributed by atoms with van der Waals surface area (Å²) >= 11 is 0. The minimum Gasteiger partial charge on any atom is -0.486 e. The first-order valence-corrected chi connectivity index (χ1v) is 11.2. The molecule has 154 valence electrons.